The smallest absolute Gasteiger partial charge is 0.243 e. The van der Waals surface area contributed by atoms with Crippen LogP contribution in [0, 0.1) is 24.6 Å². The van der Waals surface area contributed by atoms with E-state index in [1.165, 1.54) is 0 Å². The standard InChI is InChI=1S/C22H36FN7O4/c1-15-24-20(19(23)21(25-15)30-8-9-34-13-18(30)12-28(2)3)26-27-22(32)17(11-29(33)14-31)10-16-6-4-5-7-16/h14,16-18,33H,4-13H2,1-3H3,(H,27,32)(H,24,25,26)/t17-,18-/m1/s1. The summed E-state index contributed by atoms with van der Waals surface area (Å²) in [5, 5.41) is 10.1. The zero-order valence-electron chi connectivity index (χ0n) is 20.2. The predicted octanol–water partition coefficient (Wildman–Crippen LogP) is 1.18. The molecular formula is C22H36FN7O4. The first-order valence-electron chi connectivity index (χ1n) is 11.8. The summed E-state index contributed by atoms with van der Waals surface area (Å²) in [5.74, 6) is -1.02. The number of hydroxylamine groups is 2. The van der Waals surface area contributed by atoms with Crippen molar-refractivity contribution in [2.24, 2.45) is 11.8 Å². The van der Waals surface area contributed by atoms with Crippen molar-refractivity contribution < 1.29 is 23.9 Å². The Morgan fingerprint density at radius 3 is 2.76 bits per heavy atom. The highest BCUT2D eigenvalue weighted by Crippen LogP contribution is 2.31. The van der Waals surface area contributed by atoms with Gasteiger partial charge in [-0.25, -0.2) is 15.0 Å². The number of rotatable bonds is 11. The Kier molecular flexibility index (Phi) is 9.36. The number of ether oxygens (including phenoxy) is 1. The summed E-state index contributed by atoms with van der Waals surface area (Å²) < 4.78 is 21.0. The first-order valence-corrected chi connectivity index (χ1v) is 11.8. The van der Waals surface area contributed by atoms with E-state index in [-0.39, 0.29) is 30.6 Å². The number of hydrogen-bond acceptors (Lipinski definition) is 9. The predicted molar refractivity (Wildman–Crippen MR) is 124 cm³/mol. The highest BCUT2D eigenvalue weighted by Gasteiger charge is 2.30. The first kappa shape index (κ1) is 26.0. The van der Waals surface area contributed by atoms with Gasteiger partial charge >= 0.3 is 0 Å². The summed E-state index contributed by atoms with van der Waals surface area (Å²) in [4.78, 5) is 36.1. The second kappa shape index (κ2) is 12.2. The quantitative estimate of drug-likeness (QED) is 0.243. The number of anilines is 2. The summed E-state index contributed by atoms with van der Waals surface area (Å²) in [6.07, 6.45) is 5.06. The van der Waals surface area contributed by atoms with Crippen molar-refractivity contribution in [2.45, 2.75) is 45.1 Å². The van der Waals surface area contributed by atoms with E-state index in [1.54, 1.807) is 6.92 Å². The molecule has 2 aliphatic rings. The number of halogens is 1. The van der Waals surface area contributed by atoms with Gasteiger partial charge < -0.3 is 14.5 Å². The van der Waals surface area contributed by atoms with E-state index >= 15 is 4.39 Å². The third-order valence-electron chi connectivity index (χ3n) is 6.32. The van der Waals surface area contributed by atoms with Crippen LogP contribution in [0.3, 0.4) is 0 Å². The molecule has 0 radical (unpaired) electrons. The molecule has 0 unspecified atom stereocenters. The average Bonchev–Trinajstić information content (AvgIpc) is 3.32. The van der Waals surface area contributed by atoms with Crippen molar-refractivity contribution in [3.05, 3.63) is 11.6 Å². The van der Waals surface area contributed by atoms with E-state index < -0.39 is 17.6 Å². The number of amides is 2. The molecule has 190 valence electrons. The van der Waals surface area contributed by atoms with Gasteiger partial charge in [-0.2, -0.15) is 4.39 Å². The number of nitrogens with one attached hydrogen (secondary N) is 2. The number of likely N-dealkylation sites (N-methyl/N-ethyl adjacent to an activating group) is 1. The molecule has 2 amide bonds. The van der Waals surface area contributed by atoms with Crippen LogP contribution < -0.4 is 15.8 Å². The second-order valence-corrected chi connectivity index (χ2v) is 9.37. The molecule has 1 aliphatic carbocycles. The van der Waals surface area contributed by atoms with E-state index in [4.69, 9.17) is 4.74 Å². The number of carbonyl (C=O) groups excluding carboxylic acids is 2. The third kappa shape index (κ3) is 6.97. The highest BCUT2D eigenvalue weighted by molar-refractivity contribution is 5.80. The number of aromatic nitrogens is 2. The van der Waals surface area contributed by atoms with Crippen LogP contribution >= 0.6 is 0 Å². The molecule has 3 rings (SSSR count). The van der Waals surface area contributed by atoms with Crippen LogP contribution in [0.1, 0.15) is 37.9 Å². The van der Waals surface area contributed by atoms with Gasteiger partial charge in [0.05, 0.1) is 31.7 Å². The minimum absolute atomic E-state index is 0.0790. The van der Waals surface area contributed by atoms with Crippen molar-refractivity contribution in [2.75, 3.05) is 57.3 Å². The number of morpholine rings is 1. The van der Waals surface area contributed by atoms with E-state index in [2.05, 4.69) is 20.8 Å². The Morgan fingerprint density at radius 1 is 1.35 bits per heavy atom. The fourth-order valence-electron chi connectivity index (χ4n) is 4.73. The normalized spacial score (nSPS) is 19.8. The number of carbonyl (C=O) groups is 2. The van der Waals surface area contributed by atoms with Crippen LogP contribution in [-0.4, -0.2) is 90.4 Å². The minimum atomic E-state index is -0.666. The van der Waals surface area contributed by atoms with E-state index in [0.29, 0.717) is 49.5 Å². The van der Waals surface area contributed by atoms with Gasteiger partial charge in [0.15, 0.2) is 11.6 Å². The summed E-state index contributed by atoms with van der Waals surface area (Å²) in [6, 6.07) is -0.0790. The molecule has 34 heavy (non-hydrogen) atoms. The van der Waals surface area contributed by atoms with Gasteiger partial charge in [0.1, 0.15) is 5.82 Å². The third-order valence-corrected chi connectivity index (χ3v) is 6.32. The fourth-order valence-corrected chi connectivity index (χ4v) is 4.73. The maximum atomic E-state index is 15.5. The minimum Gasteiger partial charge on any atom is -0.377 e. The molecule has 1 saturated carbocycles. The Hall–Kier alpha value is -2.57. The lowest BCUT2D eigenvalue weighted by Crippen LogP contribution is -2.51. The van der Waals surface area contributed by atoms with E-state index in [1.807, 2.05) is 23.9 Å². The number of nitrogens with zero attached hydrogens (tertiary/aromatic N) is 5. The van der Waals surface area contributed by atoms with Crippen molar-refractivity contribution in [3.63, 3.8) is 0 Å². The highest BCUT2D eigenvalue weighted by atomic mass is 19.1. The Morgan fingerprint density at radius 2 is 2.09 bits per heavy atom. The van der Waals surface area contributed by atoms with Crippen LogP contribution in [0.2, 0.25) is 0 Å². The Labute approximate surface area is 199 Å². The molecule has 1 saturated heterocycles. The molecule has 11 nitrogen and oxygen atoms in total. The Balaban J connectivity index is 1.73. The maximum Gasteiger partial charge on any atom is 0.243 e. The van der Waals surface area contributed by atoms with Crippen molar-refractivity contribution in [1.29, 1.82) is 0 Å². The lowest BCUT2D eigenvalue weighted by atomic mass is 9.92. The topological polar surface area (TPSA) is 123 Å². The molecule has 2 heterocycles. The molecule has 1 aliphatic heterocycles. The van der Waals surface area contributed by atoms with Gasteiger partial charge in [-0.05, 0) is 33.4 Å². The molecule has 0 spiro atoms. The monoisotopic (exact) mass is 481 g/mol. The zero-order valence-corrected chi connectivity index (χ0v) is 20.2. The number of hydrogen-bond donors (Lipinski definition) is 3. The van der Waals surface area contributed by atoms with Gasteiger partial charge in [-0.15, -0.1) is 0 Å². The molecule has 0 aromatic carbocycles. The zero-order chi connectivity index (χ0) is 24.7. The fraction of sp³-hybridized carbons (Fsp3) is 0.727. The summed E-state index contributed by atoms with van der Waals surface area (Å²) in [6.45, 7) is 3.59. The molecule has 1 aromatic heterocycles. The molecule has 12 heteroatoms. The molecule has 1 aromatic rings. The van der Waals surface area contributed by atoms with Crippen molar-refractivity contribution >= 4 is 24.0 Å². The van der Waals surface area contributed by atoms with E-state index in [9.17, 15) is 14.8 Å². The van der Waals surface area contributed by atoms with Crippen molar-refractivity contribution in [1.82, 2.24) is 25.4 Å². The molecular weight excluding hydrogens is 445 g/mol. The lowest BCUT2D eigenvalue weighted by molar-refractivity contribution is -0.154. The average molecular weight is 482 g/mol. The summed E-state index contributed by atoms with van der Waals surface area (Å²) >= 11 is 0. The number of aryl methyl sites for hydroxylation is 1. The van der Waals surface area contributed by atoms with Gasteiger partial charge in [-0.3, -0.25) is 25.6 Å². The van der Waals surface area contributed by atoms with Gasteiger partial charge in [-0.1, -0.05) is 25.7 Å². The van der Waals surface area contributed by atoms with Crippen LogP contribution in [-0.2, 0) is 14.3 Å². The van der Waals surface area contributed by atoms with Gasteiger partial charge in [0, 0.05) is 13.1 Å². The molecule has 0 bridgehead atoms. The van der Waals surface area contributed by atoms with Crippen LogP contribution in [0.4, 0.5) is 16.0 Å². The van der Waals surface area contributed by atoms with Crippen LogP contribution in [0.5, 0.6) is 0 Å². The summed E-state index contributed by atoms with van der Waals surface area (Å²) in [5.41, 5.74) is 5.12. The first-order chi connectivity index (χ1) is 16.3. The van der Waals surface area contributed by atoms with Crippen LogP contribution in [0.25, 0.3) is 0 Å². The van der Waals surface area contributed by atoms with E-state index in [0.717, 1.165) is 25.7 Å². The van der Waals surface area contributed by atoms with Crippen LogP contribution in [0.15, 0.2) is 0 Å². The Bertz CT molecular complexity index is 838. The van der Waals surface area contributed by atoms with Gasteiger partial charge in [0.25, 0.3) is 0 Å². The largest absolute Gasteiger partial charge is 0.377 e. The number of hydrazine groups is 1. The second-order valence-electron chi connectivity index (χ2n) is 9.37. The molecule has 2 atom stereocenters. The molecule has 2 fully saturated rings. The maximum absolute atomic E-state index is 15.5. The lowest BCUT2D eigenvalue weighted by Gasteiger charge is -2.38. The van der Waals surface area contributed by atoms with Crippen molar-refractivity contribution in [3.8, 4) is 0 Å². The van der Waals surface area contributed by atoms with Gasteiger partial charge in [0.2, 0.25) is 18.1 Å². The molecule has 3 N–H and O–H groups in total. The summed E-state index contributed by atoms with van der Waals surface area (Å²) in [7, 11) is 3.88. The SMILES string of the molecule is Cc1nc(NNC(=O)[C@H](CC2CCCC2)CN(O)C=O)c(F)c(N2CCOC[C@H]2CN(C)C)n1.